The second-order valence-corrected chi connectivity index (χ2v) is 6.04. The van der Waals surface area contributed by atoms with E-state index in [0.717, 1.165) is 16.7 Å². The molecule has 0 radical (unpaired) electrons. The third-order valence-electron chi connectivity index (χ3n) is 3.52. The van der Waals surface area contributed by atoms with Gasteiger partial charge in [0, 0.05) is 29.7 Å². The van der Waals surface area contributed by atoms with Gasteiger partial charge in [-0.05, 0) is 42.1 Å². The third kappa shape index (κ3) is 3.18. The van der Waals surface area contributed by atoms with E-state index < -0.39 is 16.1 Å². The summed E-state index contributed by atoms with van der Waals surface area (Å²) in [4.78, 5) is 35.6. The Hall–Kier alpha value is -3.31. The molecule has 1 saturated heterocycles. The molecule has 0 N–H and O–H groups in total. The van der Waals surface area contributed by atoms with Crippen LogP contribution in [0.4, 0.5) is 10.5 Å². The molecule has 25 heavy (non-hydrogen) atoms. The molecule has 0 saturated carbocycles. The molecule has 8 heteroatoms. The number of terminal acetylenes is 1. The fourth-order valence-corrected chi connectivity index (χ4v) is 3.17. The number of hydrogen-bond donors (Lipinski definition) is 0. The highest BCUT2D eigenvalue weighted by atomic mass is 32.2. The maximum absolute atomic E-state index is 12.2. The molecule has 1 aromatic heterocycles. The number of non-ortho nitro benzene ring substituents is 1. The van der Waals surface area contributed by atoms with E-state index in [4.69, 9.17) is 6.42 Å². The van der Waals surface area contributed by atoms with Crippen molar-refractivity contribution in [3.63, 3.8) is 0 Å². The number of nitro benzene ring substituents is 1. The van der Waals surface area contributed by atoms with E-state index in [1.54, 1.807) is 41.1 Å². The minimum atomic E-state index is -0.470. The summed E-state index contributed by atoms with van der Waals surface area (Å²) in [6, 6.07) is 9.58. The molecule has 1 fully saturated rings. The number of imide groups is 1. The van der Waals surface area contributed by atoms with Gasteiger partial charge in [-0.3, -0.25) is 24.6 Å². The molecule has 124 valence electrons. The van der Waals surface area contributed by atoms with E-state index in [0.29, 0.717) is 11.4 Å². The average molecular weight is 353 g/mol. The molecule has 2 aromatic rings. The lowest BCUT2D eigenvalue weighted by molar-refractivity contribution is -0.384. The summed E-state index contributed by atoms with van der Waals surface area (Å²) in [7, 11) is 0. The van der Waals surface area contributed by atoms with E-state index in [9.17, 15) is 19.7 Å². The fourth-order valence-electron chi connectivity index (χ4n) is 2.34. The van der Waals surface area contributed by atoms with Crippen molar-refractivity contribution in [3.8, 4) is 18.0 Å². The maximum atomic E-state index is 12.2. The molecule has 0 bridgehead atoms. The minimum absolute atomic E-state index is 0.00661. The Morgan fingerprint density at radius 3 is 2.60 bits per heavy atom. The second-order valence-electron chi connectivity index (χ2n) is 5.05. The van der Waals surface area contributed by atoms with Crippen LogP contribution in [0, 0.1) is 22.5 Å². The summed E-state index contributed by atoms with van der Waals surface area (Å²) in [5, 5.41) is 10.3. The third-order valence-corrected chi connectivity index (χ3v) is 4.43. The zero-order chi connectivity index (χ0) is 18.0. The Balaban J connectivity index is 1.92. The summed E-state index contributed by atoms with van der Waals surface area (Å²) in [5.41, 5.74) is 1.36. The lowest BCUT2D eigenvalue weighted by atomic mass is 10.2. The Morgan fingerprint density at radius 2 is 1.96 bits per heavy atom. The molecular formula is C17H11N3O4S. The van der Waals surface area contributed by atoms with Crippen LogP contribution in [-0.2, 0) is 4.79 Å². The fraction of sp³-hybridized carbons (Fsp3) is 0.0588. The summed E-state index contributed by atoms with van der Waals surface area (Å²) in [6.07, 6.45) is 8.53. The van der Waals surface area contributed by atoms with E-state index in [1.807, 2.05) is 0 Å². The quantitative estimate of drug-likeness (QED) is 0.365. The van der Waals surface area contributed by atoms with Crippen LogP contribution in [0.3, 0.4) is 0 Å². The van der Waals surface area contributed by atoms with Gasteiger partial charge in [0.15, 0.2) is 0 Å². The SMILES string of the molecule is C#CCN1C(=O)SC(=Cc2cccn2-c2ccc([N+](=O)[O-])cc2)C1=O. The number of aromatic nitrogens is 1. The number of thioether (sulfide) groups is 1. The first-order chi connectivity index (χ1) is 12.0. The normalized spacial score (nSPS) is 15.6. The van der Waals surface area contributed by atoms with Gasteiger partial charge in [0.2, 0.25) is 0 Å². The summed E-state index contributed by atoms with van der Waals surface area (Å²) < 4.78 is 1.76. The van der Waals surface area contributed by atoms with Crippen molar-refractivity contribution in [3.05, 3.63) is 63.3 Å². The van der Waals surface area contributed by atoms with Gasteiger partial charge in [0.25, 0.3) is 16.8 Å². The predicted octanol–water partition coefficient (Wildman–Crippen LogP) is 3.06. The largest absolute Gasteiger partial charge is 0.317 e. The van der Waals surface area contributed by atoms with Crippen LogP contribution in [0.1, 0.15) is 5.69 Å². The number of carbonyl (C=O) groups is 2. The van der Waals surface area contributed by atoms with Crippen molar-refractivity contribution >= 4 is 34.7 Å². The minimum Gasteiger partial charge on any atom is -0.317 e. The maximum Gasteiger partial charge on any atom is 0.294 e. The lowest BCUT2D eigenvalue weighted by Gasteiger charge is -2.08. The van der Waals surface area contributed by atoms with E-state index in [-0.39, 0.29) is 17.1 Å². The van der Waals surface area contributed by atoms with Gasteiger partial charge in [-0.15, -0.1) is 6.42 Å². The number of benzene rings is 1. The van der Waals surface area contributed by atoms with E-state index >= 15 is 0 Å². The molecule has 0 atom stereocenters. The summed E-state index contributed by atoms with van der Waals surface area (Å²) in [6.45, 7) is -0.0641. The van der Waals surface area contributed by atoms with Gasteiger partial charge in [-0.1, -0.05) is 5.92 Å². The van der Waals surface area contributed by atoms with Gasteiger partial charge in [0.1, 0.15) is 0 Å². The molecule has 1 aliphatic heterocycles. The van der Waals surface area contributed by atoms with Crippen LogP contribution in [0.2, 0.25) is 0 Å². The van der Waals surface area contributed by atoms with Crippen molar-refractivity contribution in [2.24, 2.45) is 0 Å². The standard InChI is InChI=1S/C17H11N3O4S/c1-2-9-19-16(21)15(25-17(19)22)11-14-4-3-10-18(14)12-5-7-13(8-6-12)20(23)24/h1,3-8,10-11H,9H2. The van der Waals surface area contributed by atoms with E-state index in [1.165, 1.54) is 12.1 Å². The van der Waals surface area contributed by atoms with Gasteiger partial charge in [-0.2, -0.15) is 0 Å². The Morgan fingerprint density at radius 1 is 1.24 bits per heavy atom. The molecule has 3 rings (SSSR count). The van der Waals surface area contributed by atoms with Crippen molar-refractivity contribution in [1.29, 1.82) is 0 Å². The highest BCUT2D eigenvalue weighted by Gasteiger charge is 2.34. The Bertz CT molecular complexity index is 938. The first-order valence-electron chi connectivity index (χ1n) is 7.12. The molecule has 1 aliphatic rings. The topological polar surface area (TPSA) is 85.4 Å². The number of carbonyl (C=O) groups excluding carboxylic acids is 2. The number of nitrogens with zero attached hydrogens (tertiary/aromatic N) is 3. The summed E-state index contributed by atoms with van der Waals surface area (Å²) in [5.74, 6) is 1.86. The van der Waals surface area contributed by atoms with Crippen LogP contribution in [0.15, 0.2) is 47.5 Å². The molecule has 2 heterocycles. The molecule has 0 spiro atoms. The van der Waals surface area contributed by atoms with Gasteiger partial charge < -0.3 is 4.57 Å². The zero-order valence-electron chi connectivity index (χ0n) is 12.8. The molecule has 2 amide bonds. The summed E-state index contributed by atoms with van der Waals surface area (Å²) >= 11 is 0.831. The predicted molar refractivity (Wildman–Crippen MR) is 93.9 cm³/mol. The van der Waals surface area contributed by atoms with Crippen molar-refractivity contribution < 1.29 is 14.5 Å². The van der Waals surface area contributed by atoms with Crippen molar-refractivity contribution in [2.45, 2.75) is 0 Å². The van der Waals surface area contributed by atoms with Crippen LogP contribution in [0.5, 0.6) is 0 Å². The number of amides is 2. The average Bonchev–Trinajstić information content (AvgIpc) is 3.16. The van der Waals surface area contributed by atoms with Crippen molar-refractivity contribution in [2.75, 3.05) is 6.54 Å². The first kappa shape index (κ1) is 16.5. The Kier molecular flexibility index (Phi) is 4.41. The highest BCUT2D eigenvalue weighted by molar-refractivity contribution is 8.18. The lowest BCUT2D eigenvalue weighted by Crippen LogP contribution is -2.28. The number of rotatable bonds is 4. The first-order valence-corrected chi connectivity index (χ1v) is 7.94. The Labute approximate surface area is 147 Å². The number of hydrogen-bond acceptors (Lipinski definition) is 5. The molecule has 0 unspecified atom stereocenters. The van der Waals surface area contributed by atoms with Crippen LogP contribution < -0.4 is 0 Å². The van der Waals surface area contributed by atoms with Crippen molar-refractivity contribution in [1.82, 2.24) is 9.47 Å². The zero-order valence-corrected chi connectivity index (χ0v) is 13.6. The van der Waals surface area contributed by atoms with Gasteiger partial charge in [0.05, 0.1) is 16.4 Å². The number of nitro groups is 1. The second kappa shape index (κ2) is 6.67. The smallest absolute Gasteiger partial charge is 0.294 e. The molecular weight excluding hydrogens is 342 g/mol. The molecule has 7 nitrogen and oxygen atoms in total. The van der Waals surface area contributed by atoms with Gasteiger partial charge in [-0.25, -0.2) is 0 Å². The van der Waals surface area contributed by atoms with Crippen LogP contribution in [0.25, 0.3) is 11.8 Å². The van der Waals surface area contributed by atoms with Gasteiger partial charge >= 0.3 is 0 Å². The van der Waals surface area contributed by atoms with Crippen LogP contribution >= 0.6 is 11.8 Å². The monoisotopic (exact) mass is 353 g/mol. The van der Waals surface area contributed by atoms with Crippen LogP contribution in [-0.4, -0.2) is 32.1 Å². The van der Waals surface area contributed by atoms with E-state index in [2.05, 4.69) is 5.92 Å². The highest BCUT2D eigenvalue weighted by Crippen LogP contribution is 2.32. The molecule has 0 aliphatic carbocycles. The molecule has 1 aromatic carbocycles.